The van der Waals surface area contributed by atoms with Crippen LogP contribution in [0.4, 0.5) is 5.69 Å². The topological polar surface area (TPSA) is 93.5 Å². The molecule has 0 aromatic heterocycles. The molecule has 2 bridgehead atoms. The predicted molar refractivity (Wildman–Crippen MR) is 119 cm³/mol. The molecule has 1 aromatic carbocycles. The fourth-order valence-corrected chi connectivity index (χ4v) is 6.68. The van der Waals surface area contributed by atoms with Crippen LogP contribution in [0, 0.1) is 34.5 Å². The molecule has 2 aliphatic heterocycles. The second kappa shape index (κ2) is 9.66. The van der Waals surface area contributed by atoms with Crippen LogP contribution in [0.2, 0.25) is 0 Å². The molecule has 2 fully saturated rings. The van der Waals surface area contributed by atoms with Gasteiger partial charge in [-0.1, -0.05) is 18.2 Å². The zero-order valence-corrected chi connectivity index (χ0v) is 19.9. The van der Waals surface area contributed by atoms with E-state index in [1.165, 1.54) is 12.2 Å². The van der Waals surface area contributed by atoms with Gasteiger partial charge in [0.05, 0.1) is 36.8 Å². The van der Waals surface area contributed by atoms with Crippen LogP contribution in [-0.4, -0.2) is 78.6 Å². The Morgan fingerprint density at radius 2 is 1.94 bits per heavy atom. The van der Waals surface area contributed by atoms with Crippen LogP contribution in [-0.2, 0) is 28.6 Å². The molecule has 1 amide bonds. The van der Waals surface area contributed by atoms with Gasteiger partial charge in [-0.25, -0.2) is 0 Å². The van der Waals surface area contributed by atoms with Gasteiger partial charge in [-0.15, -0.1) is 0 Å². The minimum absolute atomic E-state index is 0.00732. The van der Waals surface area contributed by atoms with E-state index in [2.05, 4.69) is 11.0 Å². The quantitative estimate of drug-likeness (QED) is 0.387. The number of amides is 1. The molecule has 9 nitrogen and oxygen atoms in total. The standard InChI is InChI=1S/C24H33N3O6/c1-26-13-24(12-25)17(10-19(30-3)31-4)16(11-33-14-29-2)22(26)21(24)20-15-8-6-7-9-18(15)27(32-5)23(20)28/h6-9,16-17,19-22H,10-11,13-14H2,1-5H3/t16-,17-,20-,21+,22+,24-/m0/s1. The largest absolute Gasteiger partial charge is 0.359 e. The predicted octanol–water partition coefficient (Wildman–Crippen LogP) is 1.99. The van der Waals surface area contributed by atoms with Crippen molar-refractivity contribution in [1.82, 2.24) is 4.90 Å². The van der Waals surface area contributed by atoms with E-state index in [1.54, 1.807) is 21.3 Å². The number of carbonyl (C=O) groups is 1. The fraction of sp³-hybridized carbons (Fsp3) is 0.667. The summed E-state index contributed by atoms with van der Waals surface area (Å²) in [7, 11) is 8.32. The van der Waals surface area contributed by atoms with Crippen molar-refractivity contribution in [2.75, 3.05) is 60.5 Å². The second-order valence-electron chi connectivity index (χ2n) is 9.12. The molecule has 0 N–H and O–H groups in total. The fourth-order valence-electron chi connectivity index (χ4n) is 6.68. The Morgan fingerprint density at radius 3 is 2.58 bits per heavy atom. The summed E-state index contributed by atoms with van der Waals surface area (Å²) in [5.41, 5.74) is 0.876. The van der Waals surface area contributed by atoms with Gasteiger partial charge in [-0.05, 0) is 24.6 Å². The molecule has 180 valence electrons. The van der Waals surface area contributed by atoms with Crippen LogP contribution in [0.3, 0.4) is 0 Å². The maximum absolute atomic E-state index is 13.6. The molecule has 0 unspecified atom stereocenters. The van der Waals surface area contributed by atoms with E-state index in [0.717, 1.165) is 11.3 Å². The SMILES string of the molecule is COCOC[C@@H]1[C@@H]2[C@@H]([C@H]3C(=O)N(OC)c4ccccc43)[C@@](C#N)(CN2C)[C@H]1CC(OC)OC. The highest BCUT2D eigenvalue weighted by Crippen LogP contribution is 2.65. The monoisotopic (exact) mass is 459 g/mol. The molecule has 0 radical (unpaired) electrons. The lowest BCUT2D eigenvalue weighted by atomic mass is 9.66. The minimum atomic E-state index is -0.771. The van der Waals surface area contributed by atoms with Crippen LogP contribution in [0.25, 0.3) is 0 Å². The normalized spacial score (nSPS) is 33.2. The van der Waals surface area contributed by atoms with Gasteiger partial charge in [0.2, 0.25) is 0 Å². The van der Waals surface area contributed by atoms with Gasteiger partial charge < -0.3 is 23.8 Å². The number of hydrogen-bond donors (Lipinski definition) is 0. The summed E-state index contributed by atoms with van der Waals surface area (Å²) >= 11 is 0. The Labute approximate surface area is 195 Å². The summed E-state index contributed by atoms with van der Waals surface area (Å²) in [6.45, 7) is 1.16. The highest BCUT2D eigenvalue weighted by Gasteiger charge is 2.70. The third-order valence-corrected chi connectivity index (χ3v) is 7.79. The van der Waals surface area contributed by atoms with Crippen LogP contribution in [0.5, 0.6) is 0 Å². The van der Waals surface area contributed by atoms with E-state index in [0.29, 0.717) is 19.6 Å². The summed E-state index contributed by atoms with van der Waals surface area (Å²) in [4.78, 5) is 21.3. The molecule has 6 atom stereocenters. The summed E-state index contributed by atoms with van der Waals surface area (Å²) in [6, 6.07) is 10.3. The second-order valence-corrected chi connectivity index (χ2v) is 9.12. The number of fused-ring (bicyclic) bond motifs is 3. The van der Waals surface area contributed by atoms with Crippen molar-refractivity contribution < 1.29 is 28.6 Å². The van der Waals surface area contributed by atoms with E-state index in [-0.39, 0.29) is 36.5 Å². The number of methoxy groups -OCH3 is 3. The minimum Gasteiger partial charge on any atom is -0.359 e. The lowest BCUT2D eigenvalue weighted by Crippen LogP contribution is -2.47. The smallest absolute Gasteiger partial charge is 0.258 e. The zero-order valence-electron chi connectivity index (χ0n) is 19.9. The average molecular weight is 460 g/mol. The number of para-hydroxylation sites is 1. The Morgan fingerprint density at radius 1 is 1.21 bits per heavy atom. The van der Waals surface area contributed by atoms with E-state index < -0.39 is 17.6 Å². The molecule has 3 aliphatic rings. The van der Waals surface area contributed by atoms with Gasteiger partial charge in [0.25, 0.3) is 5.91 Å². The number of benzene rings is 1. The van der Waals surface area contributed by atoms with Crippen LogP contribution in [0.15, 0.2) is 24.3 Å². The lowest BCUT2D eigenvalue weighted by molar-refractivity contribution is -0.132. The molecule has 1 saturated carbocycles. The lowest BCUT2D eigenvalue weighted by Gasteiger charge is -2.40. The van der Waals surface area contributed by atoms with Crippen LogP contribution >= 0.6 is 0 Å². The summed E-state index contributed by atoms with van der Waals surface area (Å²) < 4.78 is 22.0. The molecule has 9 heteroatoms. The maximum Gasteiger partial charge on any atom is 0.258 e. The van der Waals surface area contributed by atoms with E-state index in [4.69, 9.17) is 23.8 Å². The van der Waals surface area contributed by atoms with Crippen LogP contribution < -0.4 is 5.06 Å². The number of hydrogen-bond acceptors (Lipinski definition) is 8. The zero-order chi connectivity index (χ0) is 23.8. The van der Waals surface area contributed by atoms with Crippen molar-refractivity contribution >= 4 is 11.6 Å². The molecule has 0 spiro atoms. The molecular weight excluding hydrogens is 426 g/mol. The summed E-state index contributed by atoms with van der Waals surface area (Å²) in [5, 5.41) is 12.0. The molecule has 1 aliphatic carbocycles. The van der Waals surface area contributed by atoms with Crippen molar-refractivity contribution in [2.45, 2.75) is 24.7 Å². The molecule has 2 heterocycles. The van der Waals surface area contributed by atoms with Crippen LogP contribution in [0.1, 0.15) is 17.9 Å². The van der Waals surface area contributed by atoms with Crippen molar-refractivity contribution in [3.05, 3.63) is 29.8 Å². The number of piperidine rings is 1. The molecule has 1 saturated heterocycles. The summed E-state index contributed by atoms with van der Waals surface area (Å²) in [5.74, 6) is -0.901. The third-order valence-electron chi connectivity index (χ3n) is 7.79. The number of ether oxygens (including phenoxy) is 4. The van der Waals surface area contributed by atoms with Gasteiger partial charge in [0.15, 0.2) is 6.29 Å². The van der Waals surface area contributed by atoms with E-state index >= 15 is 0 Å². The van der Waals surface area contributed by atoms with Crippen molar-refractivity contribution in [1.29, 1.82) is 5.26 Å². The molecule has 4 rings (SSSR count). The number of nitriles is 1. The highest BCUT2D eigenvalue weighted by atomic mass is 16.7. The van der Waals surface area contributed by atoms with E-state index in [9.17, 15) is 10.1 Å². The Balaban J connectivity index is 1.80. The molecule has 33 heavy (non-hydrogen) atoms. The van der Waals surface area contributed by atoms with Gasteiger partial charge in [0.1, 0.15) is 6.79 Å². The first-order valence-corrected chi connectivity index (χ1v) is 11.2. The number of anilines is 1. The Kier molecular flexibility index (Phi) is 7.05. The number of carbonyl (C=O) groups excluding carboxylic acids is 1. The number of nitrogens with zero attached hydrogens (tertiary/aromatic N) is 3. The molecule has 1 aromatic rings. The van der Waals surface area contributed by atoms with Gasteiger partial charge >= 0.3 is 0 Å². The third kappa shape index (κ3) is 3.66. The number of likely N-dealkylation sites (tertiary alicyclic amines) is 1. The van der Waals surface area contributed by atoms with Crippen molar-refractivity contribution in [3.63, 3.8) is 0 Å². The number of hydroxylamine groups is 1. The summed E-state index contributed by atoms with van der Waals surface area (Å²) in [6.07, 6.45) is 0.0939. The first-order chi connectivity index (χ1) is 16.0. The maximum atomic E-state index is 13.6. The Bertz CT molecular complexity index is 902. The average Bonchev–Trinajstić information content (AvgIpc) is 3.37. The Hall–Kier alpha value is -2.06. The van der Waals surface area contributed by atoms with Gasteiger partial charge in [-0.2, -0.15) is 10.3 Å². The number of rotatable bonds is 10. The first kappa shape index (κ1) is 24.1. The first-order valence-electron chi connectivity index (χ1n) is 11.2. The van der Waals surface area contributed by atoms with Gasteiger partial charge in [-0.3, -0.25) is 9.63 Å². The molecular formula is C24H33N3O6. The van der Waals surface area contributed by atoms with Crippen molar-refractivity contribution in [3.8, 4) is 6.07 Å². The van der Waals surface area contributed by atoms with Gasteiger partial charge in [0, 0.05) is 52.2 Å². The highest BCUT2D eigenvalue weighted by molar-refractivity contribution is 6.03. The van der Waals surface area contributed by atoms with E-state index in [1.807, 2.05) is 31.3 Å². The van der Waals surface area contributed by atoms with Crippen molar-refractivity contribution in [2.24, 2.45) is 23.2 Å².